The first-order valence-corrected chi connectivity index (χ1v) is 7.84. The zero-order valence-electron chi connectivity index (χ0n) is 10.3. The van der Waals surface area contributed by atoms with Crippen molar-refractivity contribution in [2.24, 2.45) is 5.41 Å². The van der Waals surface area contributed by atoms with Gasteiger partial charge in [0.2, 0.25) is 0 Å². The minimum atomic E-state index is 0.539. The third kappa shape index (κ3) is 2.12. The van der Waals surface area contributed by atoms with Gasteiger partial charge in [-0.05, 0) is 36.3 Å². The lowest BCUT2D eigenvalue weighted by Gasteiger charge is -2.33. The van der Waals surface area contributed by atoms with Crippen LogP contribution in [-0.4, -0.2) is 18.4 Å². The van der Waals surface area contributed by atoms with Crippen LogP contribution in [0.2, 0.25) is 0 Å². The van der Waals surface area contributed by atoms with E-state index < -0.39 is 0 Å². The van der Waals surface area contributed by atoms with Gasteiger partial charge in [0, 0.05) is 24.1 Å². The van der Waals surface area contributed by atoms with E-state index in [2.05, 4.69) is 45.1 Å². The largest absolute Gasteiger partial charge is 0.370 e. The molecular formula is C15H20BrN. The van der Waals surface area contributed by atoms with E-state index in [9.17, 15) is 0 Å². The number of rotatable bonds is 3. The van der Waals surface area contributed by atoms with E-state index in [-0.39, 0.29) is 0 Å². The van der Waals surface area contributed by atoms with Gasteiger partial charge in [-0.3, -0.25) is 0 Å². The molecule has 2 aliphatic rings. The Balaban J connectivity index is 1.79. The molecule has 17 heavy (non-hydrogen) atoms. The average molecular weight is 294 g/mol. The predicted molar refractivity (Wildman–Crippen MR) is 77.1 cm³/mol. The minimum Gasteiger partial charge on any atom is -0.370 e. The summed E-state index contributed by atoms with van der Waals surface area (Å²) in [6.45, 7) is 2.46. The number of para-hydroxylation sites is 1. The van der Waals surface area contributed by atoms with Gasteiger partial charge in [0.1, 0.15) is 0 Å². The fourth-order valence-electron chi connectivity index (χ4n) is 3.43. The Morgan fingerprint density at radius 3 is 2.71 bits per heavy atom. The molecule has 0 amide bonds. The summed E-state index contributed by atoms with van der Waals surface area (Å²) >= 11 is 3.75. The predicted octanol–water partition coefficient (Wildman–Crippen LogP) is 4.00. The molecule has 1 aliphatic heterocycles. The second kappa shape index (κ2) is 4.64. The van der Waals surface area contributed by atoms with Crippen molar-refractivity contribution in [3.05, 3.63) is 29.8 Å². The molecule has 92 valence electrons. The van der Waals surface area contributed by atoms with Gasteiger partial charge in [0.25, 0.3) is 0 Å². The van der Waals surface area contributed by atoms with E-state index in [1.165, 1.54) is 61.8 Å². The number of halogens is 1. The van der Waals surface area contributed by atoms with Gasteiger partial charge in [0.15, 0.2) is 0 Å². The molecular weight excluding hydrogens is 274 g/mol. The third-order valence-electron chi connectivity index (χ3n) is 4.46. The second-order valence-corrected chi connectivity index (χ2v) is 6.20. The van der Waals surface area contributed by atoms with E-state index >= 15 is 0 Å². The van der Waals surface area contributed by atoms with Crippen molar-refractivity contribution >= 4 is 21.6 Å². The highest BCUT2D eigenvalue weighted by Crippen LogP contribution is 2.42. The fraction of sp³-hybridized carbons (Fsp3) is 0.600. The van der Waals surface area contributed by atoms with Gasteiger partial charge in [-0.1, -0.05) is 47.0 Å². The van der Waals surface area contributed by atoms with Gasteiger partial charge in [-0.25, -0.2) is 0 Å². The van der Waals surface area contributed by atoms with Crippen molar-refractivity contribution in [3.8, 4) is 0 Å². The molecule has 0 spiro atoms. The Labute approximate surface area is 112 Å². The first-order valence-electron chi connectivity index (χ1n) is 6.72. The Hall–Kier alpha value is -0.500. The lowest BCUT2D eigenvalue weighted by atomic mass is 9.88. The molecule has 1 saturated carbocycles. The van der Waals surface area contributed by atoms with Gasteiger partial charge in [-0.15, -0.1) is 0 Å². The first-order chi connectivity index (χ1) is 8.33. The van der Waals surface area contributed by atoms with Gasteiger partial charge in [-0.2, -0.15) is 0 Å². The molecule has 1 aromatic rings. The molecule has 1 nitrogen and oxygen atoms in total. The smallest absolute Gasteiger partial charge is 0.0399 e. The van der Waals surface area contributed by atoms with Crippen LogP contribution in [0.4, 0.5) is 5.69 Å². The van der Waals surface area contributed by atoms with E-state index in [0.29, 0.717) is 5.41 Å². The van der Waals surface area contributed by atoms with Gasteiger partial charge >= 0.3 is 0 Å². The molecule has 1 aromatic carbocycles. The van der Waals surface area contributed by atoms with E-state index in [4.69, 9.17) is 0 Å². The van der Waals surface area contributed by atoms with Crippen molar-refractivity contribution in [1.29, 1.82) is 0 Å². The van der Waals surface area contributed by atoms with Crippen molar-refractivity contribution < 1.29 is 0 Å². The van der Waals surface area contributed by atoms with Crippen LogP contribution >= 0.6 is 15.9 Å². The Kier molecular flexibility index (Phi) is 3.16. The maximum Gasteiger partial charge on any atom is 0.0399 e. The maximum absolute atomic E-state index is 3.75. The van der Waals surface area contributed by atoms with Crippen LogP contribution in [0.25, 0.3) is 0 Å². The quantitative estimate of drug-likeness (QED) is 0.762. The molecule has 1 fully saturated rings. The van der Waals surface area contributed by atoms with Crippen LogP contribution < -0.4 is 4.90 Å². The zero-order valence-corrected chi connectivity index (χ0v) is 11.9. The van der Waals surface area contributed by atoms with Crippen LogP contribution in [0.5, 0.6) is 0 Å². The Morgan fingerprint density at radius 1 is 1.18 bits per heavy atom. The van der Waals surface area contributed by atoms with E-state index in [1.807, 2.05) is 0 Å². The van der Waals surface area contributed by atoms with Gasteiger partial charge in [0.05, 0.1) is 0 Å². The summed E-state index contributed by atoms with van der Waals surface area (Å²) in [7, 11) is 0. The molecule has 0 radical (unpaired) electrons. The van der Waals surface area contributed by atoms with Crippen LogP contribution in [0.1, 0.15) is 31.2 Å². The van der Waals surface area contributed by atoms with Crippen LogP contribution in [-0.2, 0) is 6.42 Å². The molecule has 0 atom stereocenters. The zero-order chi connectivity index (χ0) is 11.7. The maximum atomic E-state index is 3.75. The summed E-state index contributed by atoms with van der Waals surface area (Å²) in [6.07, 6.45) is 6.87. The number of hydrogen-bond donors (Lipinski definition) is 0. The summed E-state index contributed by atoms with van der Waals surface area (Å²) in [4.78, 5) is 2.61. The Bertz CT molecular complexity index is 396. The number of anilines is 1. The molecule has 0 aromatic heterocycles. The number of fused-ring (bicyclic) bond motifs is 1. The second-order valence-electron chi connectivity index (χ2n) is 5.64. The fourth-order valence-corrected chi connectivity index (χ4v) is 4.17. The SMILES string of the molecule is BrCC1(CN2CCc3ccccc32)CCCC1. The topological polar surface area (TPSA) is 3.24 Å². The highest BCUT2D eigenvalue weighted by Gasteiger charge is 2.35. The summed E-state index contributed by atoms with van der Waals surface area (Å²) < 4.78 is 0. The molecule has 0 unspecified atom stereocenters. The number of nitrogens with zero attached hydrogens (tertiary/aromatic N) is 1. The van der Waals surface area contributed by atoms with Gasteiger partial charge < -0.3 is 4.90 Å². The summed E-state index contributed by atoms with van der Waals surface area (Å²) in [5.74, 6) is 0. The molecule has 1 aliphatic carbocycles. The summed E-state index contributed by atoms with van der Waals surface area (Å²) in [6, 6.07) is 8.91. The molecule has 1 heterocycles. The van der Waals surface area contributed by atoms with Crippen LogP contribution in [0, 0.1) is 5.41 Å². The molecule has 3 rings (SSSR count). The van der Waals surface area contributed by atoms with E-state index in [1.54, 1.807) is 0 Å². The first kappa shape index (κ1) is 11.6. The monoisotopic (exact) mass is 293 g/mol. The number of benzene rings is 1. The van der Waals surface area contributed by atoms with Crippen molar-refractivity contribution in [2.75, 3.05) is 23.3 Å². The number of alkyl halides is 1. The lowest BCUT2D eigenvalue weighted by molar-refractivity contribution is 0.352. The summed E-state index contributed by atoms with van der Waals surface area (Å²) in [5.41, 5.74) is 3.56. The highest BCUT2D eigenvalue weighted by molar-refractivity contribution is 9.09. The summed E-state index contributed by atoms with van der Waals surface area (Å²) in [5, 5.41) is 1.17. The third-order valence-corrected chi connectivity index (χ3v) is 5.65. The molecule has 0 bridgehead atoms. The average Bonchev–Trinajstić information content (AvgIpc) is 2.99. The Morgan fingerprint density at radius 2 is 1.94 bits per heavy atom. The van der Waals surface area contributed by atoms with Crippen molar-refractivity contribution in [3.63, 3.8) is 0 Å². The highest BCUT2D eigenvalue weighted by atomic mass is 79.9. The van der Waals surface area contributed by atoms with Crippen molar-refractivity contribution in [2.45, 2.75) is 32.1 Å². The minimum absolute atomic E-state index is 0.539. The van der Waals surface area contributed by atoms with Crippen LogP contribution in [0.3, 0.4) is 0 Å². The normalized spacial score (nSPS) is 21.8. The number of hydrogen-bond acceptors (Lipinski definition) is 1. The molecule has 0 N–H and O–H groups in total. The van der Waals surface area contributed by atoms with E-state index in [0.717, 1.165) is 0 Å². The lowest BCUT2D eigenvalue weighted by Crippen LogP contribution is -2.36. The molecule has 2 heteroatoms. The van der Waals surface area contributed by atoms with Crippen LogP contribution in [0.15, 0.2) is 24.3 Å². The standard InChI is InChI=1S/C15H20BrN/c16-11-15(8-3-4-9-15)12-17-10-7-13-5-1-2-6-14(13)17/h1-2,5-6H,3-4,7-12H2. The van der Waals surface area contributed by atoms with Crippen molar-refractivity contribution in [1.82, 2.24) is 0 Å². The molecule has 0 saturated heterocycles.